The maximum absolute atomic E-state index is 12.3. The molecule has 0 aliphatic carbocycles. The number of fused-ring (bicyclic) bond motifs is 1. The zero-order chi connectivity index (χ0) is 17.8. The summed E-state index contributed by atoms with van der Waals surface area (Å²) in [6, 6.07) is 18.3. The molecule has 1 aromatic heterocycles. The van der Waals surface area contributed by atoms with E-state index in [9.17, 15) is 4.79 Å². The van der Waals surface area contributed by atoms with Crippen molar-refractivity contribution < 1.29 is 4.79 Å². The van der Waals surface area contributed by atoms with Crippen LogP contribution in [0.1, 0.15) is 29.7 Å². The number of carbonyl (C=O) groups excluding carboxylic acids is 1. The van der Waals surface area contributed by atoms with E-state index in [-0.39, 0.29) is 11.9 Å². The second kappa shape index (κ2) is 7.70. The SMILES string of the molecule is Cc1cc(SCC(=O)NC(C)c2ccccc2)nc2c(C)cccc12. The molecule has 0 saturated carbocycles. The molecule has 3 aromatic rings. The summed E-state index contributed by atoms with van der Waals surface area (Å²) in [5.74, 6) is 0.381. The highest BCUT2D eigenvalue weighted by Gasteiger charge is 2.11. The van der Waals surface area contributed by atoms with Crippen molar-refractivity contribution >= 4 is 28.6 Å². The minimum absolute atomic E-state index is 0.00263. The molecule has 25 heavy (non-hydrogen) atoms. The van der Waals surface area contributed by atoms with Crippen LogP contribution in [0, 0.1) is 13.8 Å². The van der Waals surface area contributed by atoms with Gasteiger partial charge in [-0.25, -0.2) is 4.98 Å². The van der Waals surface area contributed by atoms with Crippen molar-refractivity contribution in [2.75, 3.05) is 5.75 Å². The Bertz CT molecular complexity index is 893. The van der Waals surface area contributed by atoms with Crippen molar-refractivity contribution in [2.45, 2.75) is 31.8 Å². The predicted molar refractivity (Wildman–Crippen MR) is 105 cm³/mol. The van der Waals surface area contributed by atoms with E-state index in [1.54, 1.807) is 0 Å². The number of hydrogen-bond acceptors (Lipinski definition) is 3. The summed E-state index contributed by atoms with van der Waals surface area (Å²) in [5, 5.41) is 5.11. The smallest absolute Gasteiger partial charge is 0.230 e. The molecule has 1 atom stereocenters. The average Bonchev–Trinajstić information content (AvgIpc) is 2.61. The highest BCUT2D eigenvalue weighted by atomic mass is 32.2. The molecule has 3 nitrogen and oxygen atoms in total. The summed E-state index contributed by atoms with van der Waals surface area (Å²) in [6.07, 6.45) is 0. The van der Waals surface area contributed by atoms with Gasteiger partial charge in [-0.3, -0.25) is 4.79 Å². The number of thioether (sulfide) groups is 1. The Morgan fingerprint density at radius 2 is 1.84 bits per heavy atom. The van der Waals surface area contributed by atoms with Crippen LogP contribution in [0.2, 0.25) is 0 Å². The molecule has 0 radical (unpaired) electrons. The molecule has 0 saturated heterocycles. The fourth-order valence-corrected chi connectivity index (χ4v) is 3.63. The van der Waals surface area contributed by atoms with Gasteiger partial charge in [-0.05, 0) is 43.5 Å². The lowest BCUT2D eigenvalue weighted by Gasteiger charge is -2.14. The Labute approximate surface area is 152 Å². The van der Waals surface area contributed by atoms with Crippen LogP contribution in [0.3, 0.4) is 0 Å². The van der Waals surface area contributed by atoms with Crippen LogP contribution in [0.5, 0.6) is 0 Å². The van der Waals surface area contributed by atoms with Crippen LogP contribution in [0.4, 0.5) is 0 Å². The number of nitrogens with zero attached hydrogens (tertiary/aromatic N) is 1. The number of para-hydroxylation sites is 1. The third-order valence-corrected chi connectivity index (χ3v) is 5.16. The Kier molecular flexibility index (Phi) is 5.39. The van der Waals surface area contributed by atoms with E-state index < -0.39 is 0 Å². The van der Waals surface area contributed by atoms with Gasteiger partial charge >= 0.3 is 0 Å². The third-order valence-electron chi connectivity index (χ3n) is 4.25. The first-order valence-corrected chi connectivity index (χ1v) is 9.37. The molecule has 3 rings (SSSR count). The number of carbonyl (C=O) groups is 1. The minimum atomic E-state index is 0.00263. The van der Waals surface area contributed by atoms with E-state index in [1.165, 1.54) is 22.7 Å². The molecule has 0 aliphatic rings. The second-order valence-electron chi connectivity index (χ2n) is 6.24. The molecule has 1 unspecified atom stereocenters. The molecule has 0 aliphatic heterocycles. The molecular weight excluding hydrogens is 328 g/mol. The molecule has 1 heterocycles. The second-order valence-corrected chi connectivity index (χ2v) is 7.23. The number of nitrogens with one attached hydrogen (secondary N) is 1. The van der Waals surface area contributed by atoms with Gasteiger partial charge in [0.15, 0.2) is 0 Å². The van der Waals surface area contributed by atoms with Crippen LogP contribution in [0.15, 0.2) is 59.6 Å². The highest BCUT2D eigenvalue weighted by Crippen LogP contribution is 2.25. The van der Waals surface area contributed by atoms with Gasteiger partial charge in [0, 0.05) is 5.39 Å². The Morgan fingerprint density at radius 3 is 2.60 bits per heavy atom. The van der Waals surface area contributed by atoms with Crippen molar-refractivity contribution in [1.29, 1.82) is 0 Å². The first-order valence-electron chi connectivity index (χ1n) is 8.38. The van der Waals surface area contributed by atoms with Gasteiger partial charge < -0.3 is 5.32 Å². The summed E-state index contributed by atoms with van der Waals surface area (Å²) in [6.45, 7) is 6.15. The van der Waals surface area contributed by atoms with Gasteiger partial charge in [0.05, 0.1) is 22.3 Å². The van der Waals surface area contributed by atoms with E-state index >= 15 is 0 Å². The summed E-state index contributed by atoms with van der Waals surface area (Å²) in [4.78, 5) is 17.0. The third kappa shape index (κ3) is 4.20. The lowest BCUT2D eigenvalue weighted by molar-refractivity contribution is -0.119. The van der Waals surface area contributed by atoms with Crippen molar-refractivity contribution in [1.82, 2.24) is 10.3 Å². The molecule has 0 bridgehead atoms. The number of benzene rings is 2. The van der Waals surface area contributed by atoms with Gasteiger partial charge in [-0.2, -0.15) is 0 Å². The van der Waals surface area contributed by atoms with Crippen molar-refractivity contribution in [3.63, 3.8) is 0 Å². The summed E-state index contributed by atoms with van der Waals surface area (Å²) in [5.41, 5.74) is 4.47. The predicted octanol–water partition coefficient (Wildman–Crippen LogP) is 4.82. The molecule has 1 N–H and O–H groups in total. The van der Waals surface area contributed by atoms with Crippen LogP contribution in [0.25, 0.3) is 10.9 Å². The van der Waals surface area contributed by atoms with Crippen molar-refractivity contribution in [3.05, 3.63) is 71.3 Å². The summed E-state index contributed by atoms with van der Waals surface area (Å²) >= 11 is 1.48. The normalized spacial score (nSPS) is 12.1. The largest absolute Gasteiger partial charge is 0.349 e. The number of aromatic nitrogens is 1. The lowest BCUT2D eigenvalue weighted by atomic mass is 10.1. The van der Waals surface area contributed by atoms with Gasteiger partial charge in [-0.1, -0.05) is 60.3 Å². The lowest BCUT2D eigenvalue weighted by Crippen LogP contribution is -2.28. The highest BCUT2D eigenvalue weighted by molar-refractivity contribution is 7.99. The molecule has 2 aromatic carbocycles. The van der Waals surface area contributed by atoms with Crippen molar-refractivity contribution in [2.24, 2.45) is 0 Å². The molecule has 4 heteroatoms. The maximum atomic E-state index is 12.3. The van der Waals surface area contributed by atoms with Crippen LogP contribution < -0.4 is 5.32 Å². The fraction of sp³-hybridized carbons (Fsp3) is 0.238. The molecule has 0 fully saturated rings. The van der Waals surface area contributed by atoms with E-state index in [0.717, 1.165) is 21.7 Å². The molecule has 128 valence electrons. The van der Waals surface area contributed by atoms with Gasteiger partial charge in [0.2, 0.25) is 5.91 Å². The number of rotatable bonds is 5. The Morgan fingerprint density at radius 1 is 1.08 bits per heavy atom. The van der Waals surface area contributed by atoms with Crippen LogP contribution >= 0.6 is 11.8 Å². The maximum Gasteiger partial charge on any atom is 0.230 e. The topological polar surface area (TPSA) is 42.0 Å². The van der Waals surface area contributed by atoms with Gasteiger partial charge in [0.1, 0.15) is 0 Å². The summed E-state index contributed by atoms with van der Waals surface area (Å²) < 4.78 is 0. The van der Waals surface area contributed by atoms with E-state index in [4.69, 9.17) is 4.98 Å². The fourth-order valence-electron chi connectivity index (χ4n) is 2.85. The first-order chi connectivity index (χ1) is 12.0. The zero-order valence-electron chi connectivity index (χ0n) is 14.7. The van der Waals surface area contributed by atoms with Gasteiger partial charge in [-0.15, -0.1) is 0 Å². The molecular formula is C21H22N2OS. The standard InChI is InChI=1S/C21H22N2OS/c1-14-8-7-11-18-15(2)12-20(23-21(14)18)25-13-19(24)22-16(3)17-9-5-4-6-10-17/h4-12,16H,13H2,1-3H3,(H,22,24). The van der Waals surface area contributed by atoms with E-state index in [2.05, 4.69) is 43.4 Å². The summed E-state index contributed by atoms with van der Waals surface area (Å²) in [7, 11) is 0. The van der Waals surface area contributed by atoms with E-state index in [1.807, 2.05) is 37.3 Å². The Balaban J connectivity index is 1.66. The van der Waals surface area contributed by atoms with Crippen LogP contribution in [-0.2, 0) is 4.79 Å². The molecule has 1 amide bonds. The number of amides is 1. The average molecular weight is 350 g/mol. The Hall–Kier alpha value is -2.33. The van der Waals surface area contributed by atoms with Crippen molar-refractivity contribution in [3.8, 4) is 0 Å². The molecule has 0 spiro atoms. The van der Waals surface area contributed by atoms with Crippen LogP contribution in [-0.4, -0.2) is 16.6 Å². The quantitative estimate of drug-likeness (QED) is 0.671. The zero-order valence-corrected chi connectivity index (χ0v) is 15.6. The number of aryl methyl sites for hydroxylation is 2. The number of hydrogen-bond donors (Lipinski definition) is 1. The number of pyridine rings is 1. The van der Waals surface area contributed by atoms with E-state index in [0.29, 0.717) is 5.75 Å². The minimum Gasteiger partial charge on any atom is -0.349 e. The monoisotopic (exact) mass is 350 g/mol. The van der Waals surface area contributed by atoms with Gasteiger partial charge in [0.25, 0.3) is 0 Å². The first kappa shape index (κ1) is 17.5.